The highest BCUT2D eigenvalue weighted by Crippen LogP contribution is 2.36. The average molecular weight is 390 g/mol. The summed E-state index contributed by atoms with van der Waals surface area (Å²) in [7, 11) is 0. The van der Waals surface area contributed by atoms with E-state index < -0.39 is 11.6 Å². The summed E-state index contributed by atoms with van der Waals surface area (Å²) < 4.78 is 13.8. The Labute approximate surface area is 165 Å². The predicted molar refractivity (Wildman–Crippen MR) is 109 cm³/mol. The standard InChI is InChI=1S/C23H13ClFNO2/c1-2-13-12-20(14-7-8-22(28)19(25)11-14)26-23-17(13)9-15(10-18(23)24)16-5-3-4-6-21(16)27/h1,3-12,27-28H. The molecule has 3 nitrogen and oxygen atoms in total. The van der Waals surface area contributed by atoms with Crippen molar-refractivity contribution in [3.8, 4) is 46.2 Å². The smallest absolute Gasteiger partial charge is 0.165 e. The number of pyridine rings is 1. The molecule has 0 saturated heterocycles. The molecule has 0 fully saturated rings. The minimum absolute atomic E-state index is 0.129. The van der Waals surface area contributed by atoms with Gasteiger partial charge in [0, 0.05) is 22.1 Å². The first-order valence-electron chi connectivity index (χ1n) is 8.36. The zero-order chi connectivity index (χ0) is 19.8. The van der Waals surface area contributed by atoms with Crippen molar-refractivity contribution in [1.82, 2.24) is 4.98 Å². The summed E-state index contributed by atoms with van der Waals surface area (Å²) in [6.45, 7) is 0. The first-order chi connectivity index (χ1) is 13.5. The van der Waals surface area contributed by atoms with Gasteiger partial charge in [0.15, 0.2) is 11.6 Å². The van der Waals surface area contributed by atoms with Crippen molar-refractivity contribution >= 4 is 22.5 Å². The molecule has 0 bridgehead atoms. The molecule has 0 aliphatic carbocycles. The molecule has 5 heteroatoms. The van der Waals surface area contributed by atoms with Gasteiger partial charge in [0.2, 0.25) is 0 Å². The van der Waals surface area contributed by atoms with Gasteiger partial charge in [-0.3, -0.25) is 0 Å². The van der Waals surface area contributed by atoms with Crippen molar-refractivity contribution in [2.45, 2.75) is 0 Å². The van der Waals surface area contributed by atoms with Gasteiger partial charge in [-0.05, 0) is 48.0 Å². The van der Waals surface area contributed by atoms with Gasteiger partial charge in [-0.15, -0.1) is 6.42 Å². The molecule has 0 unspecified atom stereocenters. The molecule has 28 heavy (non-hydrogen) atoms. The number of phenols is 2. The number of rotatable bonds is 2. The monoisotopic (exact) mass is 389 g/mol. The third kappa shape index (κ3) is 3.02. The first-order valence-corrected chi connectivity index (χ1v) is 8.74. The second-order valence-corrected chi connectivity index (χ2v) is 6.64. The van der Waals surface area contributed by atoms with Crippen LogP contribution in [0.1, 0.15) is 5.56 Å². The lowest BCUT2D eigenvalue weighted by Gasteiger charge is -2.11. The fourth-order valence-electron chi connectivity index (χ4n) is 3.09. The number of para-hydroxylation sites is 1. The Hall–Kier alpha value is -3.55. The predicted octanol–water partition coefficient (Wildman–Crippen LogP) is 5.75. The number of terminal acetylenes is 1. The first kappa shape index (κ1) is 17.8. The zero-order valence-electron chi connectivity index (χ0n) is 14.4. The van der Waals surface area contributed by atoms with Crippen LogP contribution in [0.25, 0.3) is 33.3 Å². The fourth-order valence-corrected chi connectivity index (χ4v) is 3.35. The van der Waals surface area contributed by atoms with Gasteiger partial charge >= 0.3 is 0 Å². The summed E-state index contributed by atoms with van der Waals surface area (Å²) in [5, 5.41) is 20.5. The van der Waals surface area contributed by atoms with Crippen molar-refractivity contribution in [2.24, 2.45) is 0 Å². The largest absolute Gasteiger partial charge is 0.507 e. The number of hydrogen-bond acceptors (Lipinski definition) is 3. The van der Waals surface area contributed by atoms with Crippen LogP contribution >= 0.6 is 11.6 Å². The summed E-state index contributed by atoms with van der Waals surface area (Å²) in [4.78, 5) is 4.54. The number of halogens is 2. The highest BCUT2D eigenvalue weighted by atomic mass is 35.5. The topological polar surface area (TPSA) is 53.4 Å². The molecule has 0 radical (unpaired) electrons. The SMILES string of the molecule is C#Cc1cc(-c2ccc(O)c(F)c2)nc2c(Cl)cc(-c3ccccc3O)cc12. The van der Waals surface area contributed by atoms with Gasteiger partial charge in [-0.25, -0.2) is 9.37 Å². The fraction of sp³-hybridized carbons (Fsp3) is 0. The maximum Gasteiger partial charge on any atom is 0.165 e. The van der Waals surface area contributed by atoms with Crippen LogP contribution < -0.4 is 0 Å². The summed E-state index contributed by atoms with van der Waals surface area (Å²) in [5.74, 6) is 1.57. The van der Waals surface area contributed by atoms with E-state index in [9.17, 15) is 14.6 Å². The third-order valence-electron chi connectivity index (χ3n) is 4.48. The van der Waals surface area contributed by atoms with Crippen LogP contribution in [0.3, 0.4) is 0 Å². The van der Waals surface area contributed by atoms with E-state index in [1.165, 1.54) is 12.1 Å². The van der Waals surface area contributed by atoms with Crippen molar-refractivity contribution in [2.75, 3.05) is 0 Å². The maximum absolute atomic E-state index is 13.8. The third-order valence-corrected chi connectivity index (χ3v) is 4.77. The van der Waals surface area contributed by atoms with Crippen LogP contribution in [0.15, 0.2) is 60.7 Å². The lowest BCUT2D eigenvalue weighted by Crippen LogP contribution is -1.92. The van der Waals surface area contributed by atoms with E-state index in [0.29, 0.717) is 43.9 Å². The lowest BCUT2D eigenvalue weighted by molar-refractivity contribution is 0.432. The number of nitrogens with zero attached hydrogens (tertiary/aromatic N) is 1. The van der Waals surface area contributed by atoms with Gasteiger partial charge in [0.1, 0.15) is 5.75 Å². The number of aromatic hydroxyl groups is 2. The molecule has 136 valence electrons. The number of phenolic OH excluding ortho intramolecular Hbond substituents is 2. The molecule has 3 aromatic carbocycles. The van der Waals surface area contributed by atoms with Gasteiger partial charge in [-0.2, -0.15) is 0 Å². The van der Waals surface area contributed by atoms with Gasteiger partial charge < -0.3 is 10.2 Å². The van der Waals surface area contributed by atoms with E-state index in [1.807, 2.05) is 12.1 Å². The molecular weight excluding hydrogens is 377 g/mol. The summed E-state index contributed by atoms with van der Waals surface area (Å²) in [6.07, 6.45) is 5.70. The zero-order valence-corrected chi connectivity index (χ0v) is 15.2. The molecule has 1 heterocycles. The van der Waals surface area contributed by atoms with Gasteiger partial charge in [-0.1, -0.05) is 35.7 Å². The quantitative estimate of drug-likeness (QED) is 0.429. The van der Waals surface area contributed by atoms with E-state index in [0.717, 1.165) is 0 Å². The highest BCUT2D eigenvalue weighted by Gasteiger charge is 2.14. The summed E-state index contributed by atoms with van der Waals surface area (Å²) in [5.41, 5.74) is 3.25. The Kier molecular flexibility index (Phi) is 4.38. The minimum atomic E-state index is -0.748. The van der Waals surface area contributed by atoms with Crippen LogP contribution in [0.4, 0.5) is 4.39 Å². The van der Waals surface area contributed by atoms with Crippen molar-refractivity contribution in [3.05, 3.63) is 77.1 Å². The van der Waals surface area contributed by atoms with Gasteiger partial charge in [0.25, 0.3) is 0 Å². The van der Waals surface area contributed by atoms with Crippen LogP contribution in [0, 0.1) is 18.2 Å². The van der Waals surface area contributed by atoms with E-state index in [2.05, 4.69) is 10.9 Å². The van der Waals surface area contributed by atoms with Crippen LogP contribution in [-0.4, -0.2) is 15.2 Å². The Bertz CT molecular complexity index is 1280. The van der Waals surface area contributed by atoms with Crippen LogP contribution in [0.2, 0.25) is 5.02 Å². The molecule has 0 saturated carbocycles. The average Bonchev–Trinajstić information content (AvgIpc) is 2.69. The molecule has 0 aliphatic heterocycles. The number of hydrogen-bond donors (Lipinski definition) is 2. The number of benzene rings is 3. The van der Waals surface area contributed by atoms with E-state index in [4.69, 9.17) is 18.0 Å². The molecule has 4 aromatic rings. The minimum Gasteiger partial charge on any atom is -0.507 e. The van der Waals surface area contributed by atoms with Crippen LogP contribution in [-0.2, 0) is 0 Å². The molecule has 0 atom stereocenters. The molecule has 0 spiro atoms. The Balaban J connectivity index is 1.96. The Morgan fingerprint density at radius 2 is 1.71 bits per heavy atom. The molecular formula is C23H13ClFNO2. The highest BCUT2D eigenvalue weighted by molar-refractivity contribution is 6.35. The molecule has 4 rings (SSSR count). The lowest BCUT2D eigenvalue weighted by atomic mass is 9.98. The molecule has 0 aliphatic rings. The van der Waals surface area contributed by atoms with Crippen LogP contribution in [0.5, 0.6) is 11.5 Å². The summed E-state index contributed by atoms with van der Waals surface area (Å²) in [6, 6.07) is 16.1. The number of fused-ring (bicyclic) bond motifs is 1. The molecule has 2 N–H and O–H groups in total. The van der Waals surface area contributed by atoms with E-state index >= 15 is 0 Å². The van der Waals surface area contributed by atoms with Crippen molar-refractivity contribution in [1.29, 1.82) is 0 Å². The van der Waals surface area contributed by atoms with Crippen molar-refractivity contribution in [3.63, 3.8) is 0 Å². The Morgan fingerprint density at radius 1 is 0.929 bits per heavy atom. The normalized spacial score (nSPS) is 10.8. The van der Waals surface area contributed by atoms with E-state index in [1.54, 1.807) is 36.4 Å². The van der Waals surface area contributed by atoms with Gasteiger partial charge in [0.05, 0.1) is 16.2 Å². The van der Waals surface area contributed by atoms with E-state index in [-0.39, 0.29) is 5.75 Å². The summed E-state index contributed by atoms with van der Waals surface area (Å²) >= 11 is 6.48. The molecule has 0 amide bonds. The Morgan fingerprint density at radius 3 is 2.43 bits per heavy atom. The number of aromatic nitrogens is 1. The molecule has 1 aromatic heterocycles. The second kappa shape index (κ2) is 6.88. The van der Waals surface area contributed by atoms with Crippen molar-refractivity contribution < 1.29 is 14.6 Å². The second-order valence-electron chi connectivity index (χ2n) is 6.24. The maximum atomic E-state index is 13.8.